The van der Waals surface area contributed by atoms with Gasteiger partial charge in [-0.3, -0.25) is 0 Å². The Morgan fingerprint density at radius 1 is 1.40 bits per heavy atom. The summed E-state index contributed by atoms with van der Waals surface area (Å²) in [7, 11) is 0. The molecule has 0 fully saturated rings. The van der Waals surface area contributed by atoms with E-state index in [-0.39, 0.29) is 0 Å². The predicted octanol–water partition coefficient (Wildman–Crippen LogP) is 3.59. The Labute approximate surface area is 65.3 Å². The van der Waals surface area contributed by atoms with Crippen molar-refractivity contribution in [3.05, 3.63) is 19.1 Å². The lowest BCUT2D eigenvalue weighted by molar-refractivity contribution is 0.423. The molecule has 0 nitrogen and oxygen atoms in total. The van der Waals surface area contributed by atoms with Crippen LogP contribution in [-0.2, 0) is 0 Å². The fraction of sp³-hybridized carbons (Fsp3) is 0.700. The molecule has 0 saturated carbocycles. The third-order valence-corrected chi connectivity index (χ3v) is 1.69. The minimum Gasteiger partial charge on any atom is -0.0911 e. The maximum absolute atomic E-state index is 3.82. The molecule has 0 saturated heterocycles. The van der Waals surface area contributed by atoms with E-state index in [1.54, 1.807) is 0 Å². The zero-order valence-corrected chi connectivity index (χ0v) is 7.48. The van der Waals surface area contributed by atoms with Gasteiger partial charge in [-0.2, -0.15) is 0 Å². The molecule has 0 heterocycles. The smallest absolute Gasteiger partial charge is 0.0175 e. The van der Waals surface area contributed by atoms with E-state index in [4.69, 9.17) is 0 Å². The van der Waals surface area contributed by atoms with Crippen LogP contribution in [0.15, 0.2) is 12.2 Å². The number of unbranched alkanes of at least 4 members (excludes halogenated alkanes) is 1. The molecule has 1 radical (unpaired) electrons. The van der Waals surface area contributed by atoms with Gasteiger partial charge in [0.2, 0.25) is 0 Å². The molecule has 0 aromatic rings. The second kappa shape index (κ2) is 4.54. The first-order chi connectivity index (χ1) is 4.62. The summed E-state index contributed by atoms with van der Waals surface area (Å²) in [6.45, 7) is 10.4. The fourth-order valence-corrected chi connectivity index (χ4v) is 1.12. The van der Waals surface area contributed by atoms with E-state index < -0.39 is 0 Å². The van der Waals surface area contributed by atoms with Gasteiger partial charge in [-0.05, 0) is 18.8 Å². The van der Waals surface area contributed by atoms with E-state index in [9.17, 15) is 0 Å². The van der Waals surface area contributed by atoms with Crippen LogP contribution in [0.3, 0.4) is 0 Å². The van der Waals surface area contributed by atoms with Crippen molar-refractivity contribution in [2.45, 2.75) is 40.0 Å². The van der Waals surface area contributed by atoms with E-state index >= 15 is 0 Å². The van der Waals surface area contributed by atoms with Crippen LogP contribution < -0.4 is 0 Å². The molecule has 0 aliphatic heterocycles. The van der Waals surface area contributed by atoms with Crippen LogP contribution >= 0.6 is 0 Å². The molecular formula is C10H19. The molecule has 0 bridgehead atoms. The predicted molar refractivity (Wildman–Crippen MR) is 47.8 cm³/mol. The average molecular weight is 139 g/mol. The standard InChI is InChI=1S/C10H19/c1-5-7-9-10(3,4)8-6-2/h6,8H,1,5,7,9H2,2-4H3/b8-6+. The Bertz CT molecular complexity index is 98.6. The first-order valence-electron chi connectivity index (χ1n) is 4.05. The van der Waals surface area contributed by atoms with Gasteiger partial charge in [0.15, 0.2) is 0 Å². The normalized spacial score (nSPS) is 12.8. The summed E-state index contributed by atoms with van der Waals surface area (Å²) in [5, 5.41) is 0. The van der Waals surface area contributed by atoms with Crippen molar-refractivity contribution in [3.8, 4) is 0 Å². The van der Waals surface area contributed by atoms with Gasteiger partial charge in [0, 0.05) is 0 Å². The van der Waals surface area contributed by atoms with Gasteiger partial charge in [0.25, 0.3) is 0 Å². The van der Waals surface area contributed by atoms with Crippen molar-refractivity contribution in [2.24, 2.45) is 5.41 Å². The van der Waals surface area contributed by atoms with Crippen LogP contribution in [0.1, 0.15) is 40.0 Å². The van der Waals surface area contributed by atoms with Gasteiger partial charge >= 0.3 is 0 Å². The van der Waals surface area contributed by atoms with Gasteiger partial charge in [-0.25, -0.2) is 0 Å². The molecule has 0 aliphatic carbocycles. The second-order valence-corrected chi connectivity index (χ2v) is 3.45. The fourth-order valence-electron chi connectivity index (χ4n) is 1.12. The SMILES string of the molecule is [CH2]CCCC(C)(C)/C=C/C. The maximum atomic E-state index is 3.82. The summed E-state index contributed by atoms with van der Waals surface area (Å²) in [6, 6.07) is 0. The van der Waals surface area contributed by atoms with Crippen molar-refractivity contribution < 1.29 is 0 Å². The van der Waals surface area contributed by atoms with Crippen molar-refractivity contribution in [2.75, 3.05) is 0 Å². The molecule has 0 spiro atoms. The molecule has 0 N–H and O–H groups in total. The number of allylic oxidation sites excluding steroid dienone is 2. The van der Waals surface area contributed by atoms with Crippen molar-refractivity contribution >= 4 is 0 Å². The summed E-state index contributed by atoms with van der Waals surface area (Å²) in [6.07, 6.45) is 7.94. The average Bonchev–Trinajstić information content (AvgIpc) is 1.84. The first kappa shape index (κ1) is 9.74. The third kappa shape index (κ3) is 4.60. The summed E-state index contributed by atoms with van der Waals surface area (Å²) < 4.78 is 0. The molecule has 0 rings (SSSR count). The minimum absolute atomic E-state index is 0.381. The summed E-state index contributed by atoms with van der Waals surface area (Å²) >= 11 is 0. The van der Waals surface area contributed by atoms with Crippen LogP contribution in [-0.4, -0.2) is 0 Å². The number of rotatable bonds is 4. The molecule has 0 unspecified atom stereocenters. The zero-order chi connectivity index (χ0) is 8.04. The highest BCUT2D eigenvalue weighted by Crippen LogP contribution is 2.24. The van der Waals surface area contributed by atoms with Gasteiger partial charge < -0.3 is 0 Å². The number of hydrogen-bond acceptors (Lipinski definition) is 0. The van der Waals surface area contributed by atoms with Crippen LogP contribution in [0.25, 0.3) is 0 Å². The summed E-state index contributed by atoms with van der Waals surface area (Å²) in [5.74, 6) is 0. The Hall–Kier alpha value is -0.260. The van der Waals surface area contributed by atoms with Gasteiger partial charge in [-0.1, -0.05) is 45.8 Å². The van der Waals surface area contributed by atoms with Crippen molar-refractivity contribution in [1.82, 2.24) is 0 Å². The quantitative estimate of drug-likeness (QED) is 0.522. The molecule has 10 heavy (non-hydrogen) atoms. The molecule has 0 aromatic heterocycles. The largest absolute Gasteiger partial charge is 0.0911 e. The Morgan fingerprint density at radius 3 is 2.40 bits per heavy atom. The highest BCUT2D eigenvalue weighted by atomic mass is 14.2. The van der Waals surface area contributed by atoms with Crippen LogP contribution in [0, 0.1) is 12.3 Å². The van der Waals surface area contributed by atoms with E-state index in [1.807, 2.05) is 0 Å². The molecule has 0 aliphatic rings. The Kier molecular flexibility index (Phi) is 4.42. The van der Waals surface area contributed by atoms with Crippen LogP contribution in [0.2, 0.25) is 0 Å². The molecule has 0 aromatic carbocycles. The molecular weight excluding hydrogens is 120 g/mol. The van der Waals surface area contributed by atoms with Crippen LogP contribution in [0.4, 0.5) is 0 Å². The lowest BCUT2D eigenvalue weighted by Crippen LogP contribution is -2.06. The van der Waals surface area contributed by atoms with Gasteiger partial charge in [0.1, 0.15) is 0 Å². The molecule has 0 amide bonds. The maximum Gasteiger partial charge on any atom is -0.0175 e. The Morgan fingerprint density at radius 2 is 2.00 bits per heavy atom. The van der Waals surface area contributed by atoms with E-state index in [0.29, 0.717) is 5.41 Å². The van der Waals surface area contributed by atoms with Gasteiger partial charge in [0.05, 0.1) is 0 Å². The van der Waals surface area contributed by atoms with Crippen molar-refractivity contribution in [1.29, 1.82) is 0 Å². The highest BCUT2D eigenvalue weighted by Gasteiger charge is 2.11. The monoisotopic (exact) mass is 139 g/mol. The molecule has 0 heteroatoms. The summed E-state index contributed by atoms with van der Waals surface area (Å²) in [4.78, 5) is 0. The highest BCUT2D eigenvalue weighted by molar-refractivity contribution is 4.92. The molecule has 59 valence electrons. The topological polar surface area (TPSA) is 0 Å². The van der Waals surface area contributed by atoms with E-state index in [2.05, 4.69) is 39.8 Å². The minimum atomic E-state index is 0.381. The zero-order valence-electron chi connectivity index (χ0n) is 7.48. The number of hydrogen-bond donors (Lipinski definition) is 0. The third-order valence-electron chi connectivity index (χ3n) is 1.69. The lowest BCUT2D eigenvalue weighted by atomic mass is 9.87. The van der Waals surface area contributed by atoms with E-state index in [1.165, 1.54) is 12.8 Å². The lowest BCUT2D eigenvalue weighted by Gasteiger charge is -2.18. The first-order valence-corrected chi connectivity index (χ1v) is 4.05. The van der Waals surface area contributed by atoms with Crippen molar-refractivity contribution in [3.63, 3.8) is 0 Å². The van der Waals surface area contributed by atoms with Gasteiger partial charge in [-0.15, -0.1) is 0 Å². The molecule has 0 atom stereocenters. The van der Waals surface area contributed by atoms with Crippen LogP contribution in [0.5, 0.6) is 0 Å². The second-order valence-electron chi connectivity index (χ2n) is 3.45. The summed E-state index contributed by atoms with van der Waals surface area (Å²) in [5.41, 5.74) is 0.381. The Balaban J connectivity index is 3.63. The van der Waals surface area contributed by atoms with E-state index in [0.717, 1.165) is 6.42 Å².